The first-order valence-electron chi connectivity index (χ1n) is 5.89. The van der Waals surface area contributed by atoms with Crippen molar-refractivity contribution in [1.29, 1.82) is 5.41 Å². The van der Waals surface area contributed by atoms with Crippen molar-refractivity contribution in [2.75, 3.05) is 6.54 Å². The maximum absolute atomic E-state index is 13.1. The Bertz CT molecular complexity index is 577. The Hall–Kier alpha value is -2.10. The van der Waals surface area contributed by atoms with E-state index >= 15 is 0 Å². The van der Waals surface area contributed by atoms with E-state index in [9.17, 15) is 4.39 Å². The van der Waals surface area contributed by atoms with Crippen LogP contribution in [0.4, 0.5) is 4.39 Å². The van der Waals surface area contributed by atoms with Gasteiger partial charge < -0.3 is 9.32 Å². The molecule has 1 aliphatic heterocycles. The standard InChI is InChI=1S/C14H13FN2O/c15-11-4-3-10-9-17(14(16)13(10)8-11)6-5-12-2-1-7-18-12/h1-4,7-8,16H,5-6,9H2. The van der Waals surface area contributed by atoms with E-state index in [1.165, 1.54) is 12.1 Å². The Kier molecular flexibility index (Phi) is 2.63. The molecule has 0 atom stereocenters. The fourth-order valence-corrected chi connectivity index (χ4v) is 2.25. The molecule has 0 radical (unpaired) electrons. The summed E-state index contributed by atoms with van der Waals surface area (Å²) in [5.74, 6) is 1.02. The highest BCUT2D eigenvalue weighted by molar-refractivity contribution is 6.00. The molecule has 0 amide bonds. The molecule has 1 aliphatic rings. The van der Waals surface area contributed by atoms with Crippen molar-refractivity contribution < 1.29 is 8.81 Å². The molecule has 0 fully saturated rings. The number of furan rings is 1. The molecule has 1 N–H and O–H groups in total. The lowest BCUT2D eigenvalue weighted by molar-refractivity contribution is 0.405. The molecule has 0 saturated heterocycles. The van der Waals surface area contributed by atoms with Crippen LogP contribution in [0.1, 0.15) is 16.9 Å². The van der Waals surface area contributed by atoms with Crippen molar-refractivity contribution in [2.45, 2.75) is 13.0 Å². The van der Waals surface area contributed by atoms with Gasteiger partial charge in [0.25, 0.3) is 0 Å². The van der Waals surface area contributed by atoms with E-state index < -0.39 is 0 Å². The molecule has 3 rings (SSSR count). The van der Waals surface area contributed by atoms with Crippen molar-refractivity contribution in [3.8, 4) is 0 Å². The normalized spacial score (nSPS) is 14.1. The van der Waals surface area contributed by atoms with E-state index in [0.29, 0.717) is 24.5 Å². The van der Waals surface area contributed by atoms with Gasteiger partial charge in [0, 0.05) is 25.1 Å². The summed E-state index contributed by atoms with van der Waals surface area (Å²) in [6.07, 6.45) is 2.40. The number of nitrogens with zero attached hydrogens (tertiary/aromatic N) is 1. The lowest BCUT2D eigenvalue weighted by Crippen LogP contribution is -2.26. The van der Waals surface area contributed by atoms with Crippen molar-refractivity contribution in [1.82, 2.24) is 4.90 Å². The second kappa shape index (κ2) is 4.29. The average molecular weight is 244 g/mol. The van der Waals surface area contributed by atoms with Crippen LogP contribution in [0.15, 0.2) is 41.0 Å². The fraction of sp³-hybridized carbons (Fsp3) is 0.214. The van der Waals surface area contributed by atoms with Crippen molar-refractivity contribution in [2.24, 2.45) is 0 Å². The summed E-state index contributed by atoms with van der Waals surface area (Å²) in [5, 5.41) is 8.04. The highest BCUT2D eigenvalue weighted by Crippen LogP contribution is 2.23. The molecule has 0 unspecified atom stereocenters. The summed E-state index contributed by atoms with van der Waals surface area (Å²) in [6.45, 7) is 1.39. The highest BCUT2D eigenvalue weighted by Gasteiger charge is 2.24. The number of halogens is 1. The molecule has 2 aromatic rings. The van der Waals surface area contributed by atoms with Gasteiger partial charge in [0.05, 0.1) is 6.26 Å². The molecule has 2 heterocycles. The van der Waals surface area contributed by atoms with E-state index in [-0.39, 0.29) is 5.82 Å². The lowest BCUT2D eigenvalue weighted by atomic mass is 10.1. The van der Waals surface area contributed by atoms with Crippen LogP contribution in [-0.2, 0) is 13.0 Å². The van der Waals surface area contributed by atoms with Crippen LogP contribution in [0, 0.1) is 11.2 Å². The van der Waals surface area contributed by atoms with Gasteiger partial charge in [0.2, 0.25) is 0 Å². The number of amidine groups is 1. The maximum Gasteiger partial charge on any atom is 0.128 e. The van der Waals surface area contributed by atoms with Crippen LogP contribution in [0.5, 0.6) is 0 Å². The van der Waals surface area contributed by atoms with E-state index in [1.54, 1.807) is 12.3 Å². The predicted octanol–water partition coefficient (Wildman–Crippen LogP) is 2.80. The molecule has 3 nitrogen and oxygen atoms in total. The van der Waals surface area contributed by atoms with Crippen LogP contribution >= 0.6 is 0 Å². The fourth-order valence-electron chi connectivity index (χ4n) is 2.25. The van der Waals surface area contributed by atoms with Gasteiger partial charge in [-0.25, -0.2) is 4.39 Å². The van der Waals surface area contributed by atoms with E-state index in [4.69, 9.17) is 9.83 Å². The van der Waals surface area contributed by atoms with Gasteiger partial charge in [-0.1, -0.05) is 6.07 Å². The monoisotopic (exact) mass is 244 g/mol. The van der Waals surface area contributed by atoms with Crippen LogP contribution in [0.25, 0.3) is 0 Å². The molecule has 0 bridgehead atoms. The molecule has 0 aliphatic carbocycles. The number of fused-ring (bicyclic) bond motifs is 1. The zero-order chi connectivity index (χ0) is 12.5. The van der Waals surface area contributed by atoms with Crippen LogP contribution in [-0.4, -0.2) is 17.3 Å². The van der Waals surface area contributed by atoms with Gasteiger partial charge in [-0.3, -0.25) is 5.41 Å². The van der Waals surface area contributed by atoms with E-state index in [2.05, 4.69) is 0 Å². The third-order valence-corrected chi connectivity index (χ3v) is 3.21. The third-order valence-electron chi connectivity index (χ3n) is 3.21. The lowest BCUT2D eigenvalue weighted by Gasteiger charge is -2.16. The maximum atomic E-state index is 13.1. The van der Waals surface area contributed by atoms with Gasteiger partial charge in [-0.2, -0.15) is 0 Å². The Morgan fingerprint density at radius 2 is 2.22 bits per heavy atom. The van der Waals surface area contributed by atoms with Gasteiger partial charge in [-0.15, -0.1) is 0 Å². The Labute approximate surface area is 104 Å². The molecule has 0 spiro atoms. The molecule has 18 heavy (non-hydrogen) atoms. The SMILES string of the molecule is N=C1c2cc(F)ccc2CN1CCc1ccco1. The minimum atomic E-state index is -0.286. The van der Waals surface area contributed by atoms with Crippen molar-refractivity contribution in [3.63, 3.8) is 0 Å². The third kappa shape index (κ3) is 1.90. The second-order valence-corrected chi connectivity index (χ2v) is 4.40. The number of hydrogen-bond donors (Lipinski definition) is 1. The summed E-state index contributed by atoms with van der Waals surface area (Å²) < 4.78 is 18.4. The summed E-state index contributed by atoms with van der Waals surface area (Å²) >= 11 is 0. The molecule has 92 valence electrons. The smallest absolute Gasteiger partial charge is 0.128 e. The van der Waals surface area contributed by atoms with Gasteiger partial charge >= 0.3 is 0 Å². The topological polar surface area (TPSA) is 40.2 Å². The molecular formula is C14H13FN2O. The average Bonchev–Trinajstić information content (AvgIpc) is 2.97. The van der Waals surface area contributed by atoms with Crippen LogP contribution < -0.4 is 0 Å². The van der Waals surface area contributed by atoms with Gasteiger partial charge in [0.1, 0.15) is 17.4 Å². The molecule has 1 aromatic heterocycles. The quantitative estimate of drug-likeness (QED) is 0.901. The second-order valence-electron chi connectivity index (χ2n) is 4.40. The van der Waals surface area contributed by atoms with Crippen molar-refractivity contribution in [3.05, 3.63) is 59.3 Å². The zero-order valence-corrected chi connectivity index (χ0v) is 9.82. The summed E-state index contributed by atoms with van der Waals surface area (Å²) in [4.78, 5) is 1.94. The number of hydrogen-bond acceptors (Lipinski definition) is 2. The first-order chi connectivity index (χ1) is 8.74. The Morgan fingerprint density at radius 1 is 1.33 bits per heavy atom. The molecule has 0 saturated carbocycles. The van der Waals surface area contributed by atoms with Crippen molar-refractivity contribution >= 4 is 5.84 Å². The molecular weight excluding hydrogens is 231 g/mol. The minimum absolute atomic E-state index is 0.286. The minimum Gasteiger partial charge on any atom is -0.469 e. The van der Waals surface area contributed by atoms with Crippen LogP contribution in [0.3, 0.4) is 0 Å². The Balaban J connectivity index is 1.72. The van der Waals surface area contributed by atoms with E-state index in [0.717, 1.165) is 17.7 Å². The first kappa shape index (κ1) is 11.0. The summed E-state index contributed by atoms with van der Waals surface area (Å²) in [6, 6.07) is 8.42. The zero-order valence-electron chi connectivity index (χ0n) is 9.82. The first-order valence-corrected chi connectivity index (χ1v) is 5.89. The number of rotatable bonds is 3. The number of benzene rings is 1. The van der Waals surface area contributed by atoms with Gasteiger partial charge in [-0.05, 0) is 29.8 Å². The number of nitrogens with one attached hydrogen (secondary N) is 1. The summed E-state index contributed by atoms with van der Waals surface area (Å²) in [5.41, 5.74) is 1.72. The largest absolute Gasteiger partial charge is 0.469 e. The predicted molar refractivity (Wildman–Crippen MR) is 66.1 cm³/mol. The molecule has 1 aromatic carbocycles. The highest BCUT2D eigenvalue weighted by atomic mass is 19.1. The Morgan fingerprint density at radius 3 is 3.00 bits per heavy atom. The van der Waals surface area contributed by atoms with E-state index in [1.807, 2.05) is 17.0 Å². The molecule has 4 heteroatoms. The van der Waals surface area contributed by atoms with Crippen LogP contribution in [0.2, 0.25) is 0 Å². The van der Waals surface area contributed by atoms with Gasteiger partial charge in [0.15, 0.2) is 0 Å². The summed E-state index contributed by atoms with van der Waals surface area (Å²) in [7, 11) is 0.